The van der Waals surface area contributed by atoms with Crippen molar-refractivity contribution in [3.8, 4) is 0 Å². The SMILES string of the molecule is CCNc1ncc(F)cc1C(=O)NCC(C)(C)C. The van der Waals surface area contributed by atoms with Crippen molar-refractivity contribution in [3.05, 3.63) is 23.6 Å². The van der Waals surface area contributed by atoms with Crippen molar-refractivity contribution in [2.75, 3.05) is 18.4 Å². The van der Waals surface area contributed by atoms with Crippen molar-refractivity contribution in [2.24, 2.45) is 5.41 Å². The van der Waals surface area contributed by atoms with E-state index < -0.39 is 5.82 Å². The highest BCUT2D eigenvalue weighted by atomic mass is 19.1. The Hall–Kier alpha value is -1.65. The number of nitrogens with one attached hydrogen (secondary N) is 2. The zero-order valence-corrected chi connectivity index (χ0v) is 11.3. The highest BCUT2D eigenvalue weighted by Crippen LogP contribution is 2.15. The van der Waals surface area contributed by atoms with Crippen LogP contribution in [0, 0.1) is 11.2 Å². The van der Waals surface area contributed by atoms with Gasteiger partial charge in [-0.1, -0.05) is 20.8 Å². The third-order valence-corrected chi connectivity index (χ3v) is 2.22. The highest BCUT2D eigenvalue weighted by Gasteiger charge is 2.16. The van der Waals surface area contributed by atoms with E-state index in [-0.39, 0.29) is 16.9 Å². The molecule has 18 heavy (non-hydrogen) atoms. The third kappa shape index (κ3) is 4.31. The normalized spacial score (nSPS) is 11.2. The summed E-state index contributed by atoms with van der Waals surface area (Å²) < 4.78 is 13.2. The van der Waals surface area contributed by atoms with Crippen LogP contribution in [0.4, 0.5) is 10.2 Å². The van der Waals surface area contributed by atoms with Gasteiger partial charge in [-0.05, 0) is 18.4 Å². The van der Waals surface area contributed by atoms with Gasteiger partial charge in [0.1, 0.15) is 11.6 Å². The Balaban J connectivity index is 2.86. The number of halogens is 1. The first-order valence-electron chi connectivity index (χ1n) is 6.01. The molecule has 100 valence electrons. The fraction of sp³-hybridized carbons (Fsp3) is 0.538. The molecule has 0 aliphatic carbocycles. The van der Waals surface area contributed by atoms with Crippen LogP contribution in [-0.4, -0.2) is 24.0 Å². The monoisotopic (exact) mass is 253 g/mol. The summed E-state index contributed by atoms with van der Waals surface area (Å²) in [4.78, 5) is 15.9. The molecular formula is C13H20FN3O. The Morgan fingerprint density at radius 3 is 2.67 bits per heavy atom. The Morgan fingerprint density at radius 2 is 2.11 bits per heavy atom. The first kappa shape index (κ1) is 14.4. The summed E-state index contributed by atoms with van der Waals surface area (Å²) in [6, 6.07) is 1.20. The lowest BCUT2D eigenvalue weighted by Crippen LogP contribution is -2.32. The average molecular weight is 253 g/mol. The summed E-state index contributed by atoms with van der Waals surface area (Å²) in [6.45, 7) is 9.08. The summed E-state index contributed by atoms with van der Waals surface area (Å²) in [6.07, 6.45) is 1.10. The van der Waals surface area contributed by atoms with Crippen molar-refractivity contribution in [3.63, 3.8) is 0 Å². The number of amides is 1. The predicted molar refractivity (Wildman–Crippen MR) is 70.1 cm³/mol. The van der Waals surface area contributed by atoms with E-state index >= 15 is 0 Å². The molecule has 0 saturated carbocycles. The maximum Gasteiger partial charge on any atom is 0.255 e. The fourth-order valence-corrected chi connectivity index (χ4v) is 1.36. The maximum atomic E-state index is 13.2. The van der Waals surface area contributed by atoms with E-state index in [1.54, 1.807) is 0 Å². The lowest BCUT2D eigenvalue weighted by molar-refractivity contribution is 0.0939. The Morgan fingerprint density at radius 1 is 1.44 bits per heavy atom. The predicted octanol–water partition coefficient (Wildman–Crippen LogP) is 2.43. The van der Waals surface area contributed by atoms with E-state index in [0.717, 1.165) is 6.20 Å². The molecule has 0 unspecified atom stereocenters. The molecule has 0 bridgehead atoms. The van der Waals surface area contributed by atoms with E-state index in [2.05, 4.69) is 15.6 Å². The minimum Gasteiger partial charge on any atom is -0.370 e. The second kappa shape index (κ2) is 5.80. The van der Waals surface area contributed by atoms with Crippen LogP contribution in [0.5, 0.6) is 0 Å². The molecule has 4 nitrogen and oxygen atoms in total. The molecule has 0 aliphatic rings. The number of carbonyl (C=O) groups is 1. The zero-order chi connectivity index (χ0) is 13.8. The maximum absolute atomic E-state index is 13.2. The first-order chi connectivity index (χ1) is 8.33. The smallest absolute Gasteiger partial charge is 0.255 e. The second-order valence-electron chi connectivity index (χ2n) is 5.32. The van der Waals surface area contributed by atoms with Gasteiger partial charge in [-0.25, -0.2) is 9.37 Å². The van der Waals surface area contributed by atoms with Crippen LogP contribution in [0.1, 0.15) is 38.1 Å². The summed E-state index contributed by atoms with van der Waals surface area (Å²) in [5.41, 5.74) is 0.218. The summed E-state index contributed by atoms with van der Waals surface area (Å²) in [7, 11) is 0. The van der Waals surface area contributed by atoms with Gasteiger partial charge in [0.2, 0.25) is 0 Å². The quantitative estimate of drug-likeness (QED) is 0.866. The van der Waals surface area contributed by atoms with Gasteiger partial charge < -0.3 is 10.6 Å². The Bertz CT molecular complexity index is 427. The van der Waals surface area contributed by atoms with Crippen LogP contribution in [0.15, 0.2) is 12.3 Å². The van der Waals surface area contributed by atoms with E-state index in [4.69, 9.17) is 0 Å². The number of hydrogen-bond acceptors (Lipinski definition) is 3. The molecule has 0 aliphatic heterocycles. The number of rotatable bonds is 4. The second-order valence-corrected chi connectivity index (χ2v) is 5.32. The number of hydrogen-bond donors (Lipinski definition) is 2. The third-order valence-electron chi connectivity index (χ3n) is 2.22. The summed E-state index contributed by atoms with van der Waals surface area (Å²) in [5.74, 6) is -0.421. The molecule has 0 radical (unpaired) electrons. The molecule has 2 N–H and O–H groups in total. The van der Waals surface area contributed by atoms with Crippen molar-refractivity contribution in [2.45, 2.75) is 27.7 Å². The fourth-order valence-electron chi connectivity index (χ4n) is 1.36. The van der Waals surface area contributed by atoms with Crippen molar-refractivity contribution >= 4 is 11.7 Å². The molecule has 0 atom stereocenters. The number of anilines is 1. The van der Waals surface area contributed by atoms with Crippen LogP contribution >= 0.6 is 0 Å². The average Bonchev–Trinajstić information content (AvgIpc) is 2.27. The molecule has 5 heteroatoms. The standard InChI is InChI=1S/C13H20FN3O/c1-5-15-11-10(6-9(14)7-16-11)12(18)17-8-13(2,3)4/h6-7H,5,8H2,1-4H3,(H,15,16)(H,17,18). The molecule has 1 aromatic rings. The lowest BCUT2D eigenvalue weighted by atomic mass is 9.97. The van der Waals surface area contributed by atoms with Crippen LogP contribution in [-0.2, 0) is 0 Å². The van der Waals surface area contributed by atoms with Crippen LogP contribution in [0.2, 0.25) is 0 Å². The molecule has 1 aromatic heterocycles. The molecule has 0 aromatic carbocycles. The largest absolute Gasteiger partial charge is 0.370 e. The summed E-state index contributed by atoms with van der Waals surface area (Å²) in [5, 5.41) is 5.72. The van der Waals surface area contributed by atoms with Gasteiger partial charge in [0.15, 0.2) is 0 Å². The zero-order valence-electron chi connectivity index (χ0n) is 11.3. The topological polar surface area (TPSA) is 54.0 Å². The molecule has 0 fully saturated rings. The van der Waals surface area contributed by atoms with Gasteiger partial charge in [-0.3, -0.25) is 4.79 Å². The molecule has 0 spiro atoms. The molecule has 1 heterocycles. The van der Waals surface area contributed by atoms with E-state index in [9.17, 15) is 9.18 Å². The molecule has 1 rings (SSSR count). The molecular weight excluding hydrogens is 233 g/mol. The number of nitrogens with zero attached hydrogens (tertiary/aromatic N) is 1. The number of pyridine rings is 1. The van der Waals surface area contributed by atoms with Gasteiger partial charge in [0.25, 0.3) is 5.91 Å². The van der Waals surface area contributed by atoms with E-state index in [1.807, 2.05) is 27.7 Å². The van der Waals surface area contributed by atoms with Crippen LogP contribution in [0.25, 0.3) is 0 Å². The van der Waals surface area contributed by atoms with E-state index in [1.165, 1.54) is 6.07 Å². The van der Waals surface area contributed by atoms with Crippen molar-refractivity contribution in [1.82, 2.24) is 10.3 Å². The van der Waals surface area contributed by atoms with Gasteiger partial charge in [0, 0.05) is 13.1 Å². The van der Waals surface area contributed by atoms with Gasteiger partial charge in [-0.15, -0.1) is 0 Å². The first-order valence-corrected chi connectivity index (χ1v) is 6.01. The number of aromatic nitrogens is 1. The van der Waals surface area contributed by atoms with Gasteiger partial charge in [-0.2, -0.15) is 0 Å². The minimum absolute atomic E-state index is 0.0191. The van der Waals surface area contributed by atoms with Gasteiger partial charge >= 0.3 is 0 Å². The van der Waals surface area contributed by atoms with Crippen molar-refractivity contribution < 1.29 is 9.18 Å². The van der Waals surface area contributed by atoms with Crippen molar-refractivity contribution in [1.29, 1.82) is 0 Å². The van der Waals surface area contributed by atoms with Crippen LogP contribution in [0.3, 0.4) is 0 Å². The van der Waals surface area contributed by atoms with E-state index in [0.29, 0.717) is 18.9 Å². The minimum atomic E-state index is -0.516. The highest BCUT2D eigenvalue weighted by molar-refractivity contribution is 5.98. The lowest BCUT2D eigenvalue weighted by Gasteiger charge is -2.19. The molecule has 0 saturated heterocycles. The number of carbonyl (C=O) groups excluding carboxylic acids is 1. The van der Waals surface area contributed by atoms with Crippen LogP contribution < -0.4 is 10.6 Å². The Labute approximate surface area is 107 Å². The van der Waals surface area contributed by atoms with Gasteiger partial charge in [0.05, 0.1) is 11.8 Å². The summed E-state index contributed by atoms with van der Waals surface area (Å²) >= 11 is 0. The molecule has 1 amide bonds. The Kier molecular flexibility index (Phi) is 4.64.